The first-order valence-electron chi connectivity index (χ1n) is 6.00. The van der Waals surface area contributed by atoms with Gasteiger partial charge in [-0.3, -0.25) is 9.78 Å². The number of anilines is 1. The van der Waals surface area contributed by atoms with Crippen molar-refractivity contribution < 1.29 is 13.7 Å². The van der Waals surface area contributed by atoms with Gasteiger partial charge < -0.3 is 9.84 Å². The van der Waals surface area contributed by atoms with Gasteiger partial charge in [0.1, 0.15) is 11.5 Å². The maximum atomic E-state index is 13.1. The molecule has 0 radical (unpaired) electrons. The average molecular weight is 320 g/mol. The van der Waals surface area contributed by atoms with E-state index in [1.165, 1.54) is 30.7 Å². The number of carbonyl (C=O) groups excluding carboxylic acids is 1. The second-order valence-electron chi connectivity index (χ2n) is 4.10. The number of hydrogen-bond acceptors (Lipinski definition) is 6. The Balaban J connectivity index is 1.78. The summed E-state index contributed by atoms with van der Waals surface area (Å²) >= 11 is 5.63. The zero-order valence-electron chi connectivity index (χ0n) is 10.8. The molecule has 0 unspecified atom stereocenters. The molecular weight excluding hydrogens is 313 g/mol. The molecule has 9 heteroatoms. The van der Waals surface area contributed by atoms with Crippen molar-refractivity contribution in [3.8, 4) is 11.5 Å². The number of aromatic nitrogens is 4. The van der Waals surface area contributed by atoms with Crippen molar-refractivity contribution >= 4 is 23.2 Å². The van der Waals surface area contributed by atoms with Crippen molar-refractivity contribution in [2.75, 3.05) is 5.32 Å². The molecule has 0 aliphatic heterocycles. The molecular formula is C13H7ClFN5O2. The Morgan fingerprint density at radius 1 is 1.32 bits per heavy atom. The number of amides is 1. The maximum absolute atomic E-state index is 13.1. The third kappa shape index (κ3) is 2.91. The number of carbonyl (C=O) groups is 1. The van der Waals surface area contributed by atoms with E-state index in [-0.39, 0.29) is 16.7 Å². The zero-order valence-corrected chi connectivity index (χ0v) is 11.6. The molecule has 1 aromatic carbocycles. The molecule has 0 bridgehead atoms. The van der Waals surface area contributed by atoms with Crippen LogP contribution in [-0.4, -0.2) is 26.0 Å². The monoisotopic (exact) mass is 319 g/mol. The smallest absolute Gasteiger partial charge is 0.316 e. The first kappa shape index (κ1) is 14.1. The minimum atomic E-state index is -0.648. The third-order valence-electron chi connectivity index (χ3n) is 2.59. The van der Waals surface area contributed by atoms with Gasteiger partial charge in [-0.2, -0.15) is 4.98 Å². The fourth-order valence-corrected chi connectivity index (χ4v) is 1.77. The van der Waals surface area contributed by atoms with Gasteiger partial charge in [-0.05, 0) is 18.2 Å². The van der Waals surface area contributed by atoms with Crippen LogP contribution in [0.5, 0.6) is 0 Å². The van der Waals surface area contributed by atoms with E-state index >= 15 is 0 Å². The van der Waals surface area contributed by atoms with Crippen LogP contribution >= 0.6 is 11.6 Å². The zero-order chi connectivity index (χ0) is 15.5. The second-order valence-corrected chi connectivity index (χ2v) is 4.50. The molecule has 0 spiro atoms. The minimum absolute atomic E-state index is 0.108. The van der Waals surface area contributed by atoms with Gasteiger partial charge in [-0.25, -0.2) is 9.37 Å². The standard InChI is InChI=1S/C13H7ClFN5O2/c14-8-5-7(1-2-9(8)15)18-12(21)13-19-11(20-22-13)10-6-16-3-4-17-10/h1-6H,(H,18,21). The van der Waals surface area contributed by atoms with Crippen LogP contribution in [0.3, 0.4) is 0 Å². The van der Waals surface area contributed by atoms with E-state index in [2.05, 4.69) is 25.4 Å². The molecule has 110 valence electrons. The average Bonchev–Trinajstić information content (AvgIpc) is 3.02. The van der Waals surface area contributed by atoms with Gasteiger partial charge in [-0.15, -0.1) is 0 Å². The van der Waals surface area contributed by atoms with E-state index in [9.17, 15) is 9.18 Å². The Labute approximate surface area is 128 Å². The van der Waals surface area contributed by atoms with Gasteiger partial charge in [0.2, 0.25) is 5.82 Å². The first-order valence-corrected chi connectivity index (χ1v) is 6.38. The molecule has 0 aliphatic rings. The fourth-order valence-electron chi connectivity index (χ4n) is 1.59. The molecule has 0 aliphatic carbocycles. The van der Waals surface area contributed by atoms with Crippen molar-refractivity contribution in [2.45, 2.75) is 0 Å². The van der Waals surface area contributed by atoms with Crippen LogP contribution in [0.4, 0.5) is 10.1 Å². The van der Waals surface area contributed by atoms with Gasteiger partial charge in [0.05, 0.1) is 11.2 Å². The molecule has 0 saturated heterocycles. The largest absolute Gasteiger partial charge is 0.328 e. The molecule has 1 N–H and O–H groups in total. The number of nitrogens with zero attached hydrogens (tertiary/aromatic N) is 4. The first-order chi connectivity index (χ1) is 10.6. The highest BCUT2D eigenvalue weighted by molar-refractivity contribution is 6.31. The van der Waals surface area contributed by atoms with Gasteiger partial charge >= 0.3 is 11.8 Å². The number of halogens is 2. The molecule has 1 amide bonds. The minimum Gasteiger partial charge on any atom is -0.328 e. The van der Waals surface area contributed by atoms with Crippen LogP contribution in [0.15, 0.2) is 41.3 Å². The Morgan fingerprint density at radius 2 is 2.18 bits per heavy atom. The number of rotatable bonds is 3. The number of hydrogen-bond donors (Lipinski definition) is 1. The van der Waals surface area contributed by atoms with E-state index < -0.39 is 11.7 Å². The summed E-state index contributed by atoms with van der Waals surface area (Å²) in [7, 11) is 0. The lowest BCUT2D eigenvalue weighted by Gasteiger charge is -2.02. The fraction of sp³-hybridized carbons (Fsp3) is 0. The Hall–Kier alpha value is -2.87. The molecule has 0 fully saturated rings. The van der Waals surface area contributed by atoms with Crippen LogP contribution < -0.4 is 5.32 Å². The quantitative estimate of drug-likeness (QED) is 0.797. The third-order valence-corrected chi connectivity index (χ3v) is 2.88. The van der Waals surface area contributed by atoms with E-state index in [0.717, 1.165) is 6.07 Å². The van der Waals surface area contributed by atoms with Crippen LogP contribution in [0, 0.1) is 5.82 Å². The Morgan fingerprint density at radius 3 is 2.91 bits per heavy atom. The Kier molecular flexibility index (Phi) is 3.75. The lowest BCUT2D eigenvalue weighted by molar-refractivity contribution is 0.0981. The topological polar surface area (TPSA) is 93.8 Å². The van der Waals surface area contributed by atoms with Crippen molar-refractivity contribution in [1.82, 2.24) is 20.1 Å². The van der Waals surface area contributed by atoms with Crippen LogP contribution in [0.25, 0.3) is 11.5 Å². The van der Waals surface area contributed by atoms with Crippen molar-refractivity contribution in [3.63, 3.8) is 0 Å². The molecule has 22 heavy (non-hydrogen) atoms. The van der Waals surface area contributed by atoms with Gasteiger partial charge in [-0.1, -0.05) is 16.8 Å². The van der Waals surface area contributed by atoms with Gasteiger partial charge in [0, 0.05) is 18.1 Å². The van der Waals surface area contributed by atoms with Crippen molar-refractivity contribution in [1.29, 1.82) is 0 Å². The van der Waals surface area contributed by atoms with Gasteiger partial charge in [0.25, 0.3) is 0 Å². The van der Waals surface area contributed by atoms with E-state index in [4.69, 9.17) is 16.1 Å². The molecule has 0 atom stereocenters. The molecule has 0 saturated carbocycles. The summed E-state index contributed by atoms with van der Waals surface area (Å²) in [5, 5.41) is 6.01. The molecule has 3 rings (SSSR count). The predicted octanol–water partition coefficient (Wildman–Crippen LogP) is 2.57. The molecule has 2 heterocycles. The summed E-state index contributed by atoms with van der Waals surface area (Å²) in [6, 6.07) is 3.77. The lowest BCUT2D eigenvalue weighted by Crippen LogP contribution is -2.12. The van der Waals surface area contributed by atoms with Crippen LogP contribution in [0.2, 0.25) is 5.02 Å². The van der Waals surface area contributed by atoms with Crippen molar-refractivity contribution in [2.24, 2.45) is 0 Å². The summed E-state index contributed by atoms with van der Waals surface area (Å²) in [6.07, 6.45) is 4.40. The Bertz CT molecular complexity index is 824. The van der Waals surface area contributed by atoms with E-state index in [1.54, 1.807) is 0 Å². The molecule has 2 aromatic heterocycles. The van der Waals surface area contributed by atoms with E-state index in [0.29, 0.717) is 11.4 Å². The van der Waals surface area contributed by atoms with Gasteiger partial charge in [0.15, 0.2) is 0 Å². The second kappa shape index (κ2) is 5.86. The highest BCUT2D eigenvalue weighted by atomic mass is 35.5. The number of nitrogens with one attached hydrogen (secondary N) is 1. The summed E-state index contributed by atoms with van der Waals surface area (Å²) in [5.74, 6) is -1.36. The van der Waals surface area contributed by atoms with Crippen LogP contribution in [0.1, 0.15) is 10.7 Å². The summed E-state index contributed by atoms with van der Waals surface area (Å²) in [5.41, 5.74) is 0.672. The van der Waals surface area contributed by atoms with Crippen molar-refractivity contribution in [3.05, 3.63) is 53.5 Å². The SMILES string of the molecule is O=C(Nc1ccc(F)c(Cl)c1)c1nc(-c2cnccn2)no1. The van der Waals surface area contributed by atoms with E-state index in [1.807, 2.05) is 0 Å². The molecule has 3 aromatic rings. The summed E-state index contributed by atoms with van der Waals surface area (Å²) < 4.78 is 17.9. The molecule has 7 nitrogen and oxygen atoms in total. The maximum Gasteiger partial charge on any atom is 0.316 e. The summed E-state index contributed by atoms with van der Waals surface area (Å²) in [6.45, 7) is 0. The predicted molar refractivity (Wildman–Crippen MR) is 74.7 cm³/mol. The highest BCUT2D eigenvalue weighted by Crippen LogP contribution is 2.20. The summed E-state index contributed by atoms with van der Waals surface area (Å²) in [4.78, 5) is 23.7. The lowest BCUT2D eigenvalue weighted by atomic mass is 10.3. The normalized spacial score (nSPS) is 10.5. The highest BCUT2D eigenvalue weighted by Gasteiger charge is 2.17. The number of benzene rings is 1. The van der Waals surface area contributed by atoms with Crippen LogP contribution in [-0.2, 0) is 0 Å².